The molecule has 0 aliphatic heterocycles. The highest BCUT2D eigenvalue weighted by molar-refractivity contribution is 7.99. The summed E-state index contributed by atoms with van der Waals surface area (Å²) in [7, 11) is 0. The van der Waals surface area contributed by atoms with Gasteiger partial charge in [0.25, 0.3) is 0 Å². The molecule has 0 amide bonds. The molecule has 0 heterocycles. The lowest BCUT2D eigenvalue weighted by atomic mass is 10.2. The fourth-order valence-electron chi connectivity index (χ4n) is 0.976. The maximum absolute atomic E-state index is 11.8. The Morgan fingerprint density at radius 1 is 1.13 bits per heavy atom. The van der Waals surface area contributed by atoms with Crippen LogP contribution in [-0.4, -0.2) is 17.0 Å². The summed E-state index contributed by atoms with van der Waals surface area (Å²) in [6, 6.07) is 6.84. The number of aliphatic hydroxyl groups excluding tert-OH is 1. The van der Waals surface area contributed by atoms with Crippen LogP contribution in [0.3, 0.4) is 0 Å². The molecule has 1 rings (SSSR count). The van der Waals surface area contributed by atoms with Crippen LogP contribution in [-0.2, 0) is 6.61 Å². The lowest BCUT2D eigenvalue weighted by Crippen LogP contribution is -2.07. The van der Waals surface area contributed by atoms with Gasteiger partial charge in [-0.3, -0.25) is 0 Å². The predicted octanol–water partition coefficient (Wildman–Crippen LogP) is 3.22. The van der Waals surface area contributed by atoms with Crippen molar-refractivity contribution in [3.8, 4) is 0 Å². The molecule has 1 aromatic rings. The molecule has 1 N–H and O–H groups in total. The molecule has 0 aliphatic rings. The van der Waals surface area contributed by atoms with Gasteiger partial charge in [0.05, 0.1) is 13.0 Å². The molecule has 0 saturated carbocycles. The third-order valence-electron chi connectivity index (χ3n) is 1.76. The summed E-state index contributed by atoms with van der Waals surface area (Å²) in [6.07, 6.45) is -4.86. The van der Waals surface area contributed by atoms with Gasteiger partial charge in [0.1, 0.15) is 0 Å². The Labute approximate surface area is 90.3 Å². The Bertz CT molecular complexity index is 295. The smallest absolute Gasteiger partial charge is 0.389 e. The first kappa shape index (κ1) is 12.4. The highest BCUT2D eigenvalue weighted by Crippen LogP contribution is 2.26. The van der Waals surface area contributed by atoms with Gasteiger partial charge in [-0.2, -0.15) is 13.2 Å². The summed E-state index contributed by atoms with van der Waals surface area (Å²) in [5, 5.41) is 8.76. The highest BCUT2D eigenvalue weighted by atomic mass is 32.2. The minimum Gasteiger partial charge on any atom is -0.392 e. The van der Waals surface area contributed by atoms with Gasteiger partial charge in [-0.25, -0.2) is 0 Å². The van der Waals surface area contributed by atoms with E-state index in [1.807, 2.05) is 0 Å². The molecule has 15 heavy (non-hydrogen) atoms. The SMILES string of the molecule is OCc1ccc(SCCC(F)(F)F)cc1. The number of aliphatic hydroxyl groups is 1. The third-order valence-corrected chi connectivity index (χ3v) is 2.77. The lowest BCUT2D eigenvalue weighted by molar-refractivity contribution is -0.129. The lowest BCUT2D eigenvalue weighted by Gasteiger charge is -2.05. The highest BCUT2D eigenvalue weighted by Gasteiger charge is 2.26. The molecule has 0 fully saturated rings. The molecule has 0 radical (unpaired) electrons. The maximum Gasteiger partial charge on any atom is 0.389 e. The van der Waals surface area contributed by atoms with Crippen LogP contribution in [0.5, 0.6) is 0 Å². The molecular formula is C10H11F3OS. The summed E-state index contributed by atoms with van der Waals surface area (Å²) < 4.78 is 35.5. The standard InChI is InChI=1S/C10H11F3OS/c11-10(12,13)5-6-15-9-3-1-8(7-14)2-4-9/h1-4,14H,5-7H2. The van der Waals surface area contributed by atoms with Crippen molar-refractivity contribution in [2.24, 2.45) is 0 Å². The van der Waals surface area contributed by atoms with Crippen LogP contribution in [0, 0.1) is 0 Å². The number of rotatable bonds is 4. The van der Waals surface area contributed by atoms with Crippen LogP contribution in [0.25, 0.3) is 0 Å². The van der Waals surface area contributed by atoms with E-state index in [2.05, 4.69) is 0 Å². The van der Waals surface area contributed by atoms with Crippen LogP contribution in [0.1, 0.15) is 12.0 Å². The first-order chi connectivity index (χ1) is 7.01. The van der Waals surface area contributed by atoms with Gasteiger partial charge in [0, 0.05) is 10.6 Å². The second kappa shape index (κ2) is 5.42. The van der Waals surface area contributed by atoms with Gasteiger partial charge in [-0.05, 0) is 17.7 Å². The van der Waals surface area contributed by atoms with Crippen LogP contribution in [0.4, 0.5) is 13.2 Å². The Balaban J connectivity index is 2.38. The van der Waals surface area contributed by atoms with E-state index < -0.39 is 12.6 Å². The van der Waals surface area contributed by atoms with E-state index in [4.69, 9.17) is 5.11 Å². The van der Waals surface area contributed by atoms with Gasteiger partial charge in [0.2, 0.25) is 0 Å². The van der Waals surface area contributed by atoms with Crippen molar-refractivity contribution < 1.29 is 18.3 Å². The molecule has 5 heteroatoms. The van der Waals surface area contributed by atoms with Crippen LogP contribution in [0.2, 0.25) is 0 Å². The van der Waals surface area contributed by atoms with Crippen molar-refractivity contribution in [1.82, 2.24) is 0 Å². The number of benzene rings is 1. The minimum atomic E-state index is -4.09. The molecule has 0 aromatic heterocycles. The van der Waals surface area contributed by atoms with Gasteiger partial charge in [-0.15, -0.1) is 11.8 Å². The molecular weight excluding hydrogens is 225 g/mol. The van der Waals surface area contributed by atoms with E-state index in [1.165, 1.54) is 0 Å². The summed E-state index contributed by atoms with van der Waals surface area (Å²) in [4.78, 5) is 0.788. The van der Waals surface area contributed by atoms with E-state index >= 15 is 0 Å². The van der Waals surface area contributed by atoms with Crippen molar-refractivity contribution in [2.45, 2.75) is 24.1 Å². The third kappa shape index (κ3) is 5.09. The van der Waals surface area contributed by atoms with Crippen LogP contribution in [0.15, 0.2) is 29.2 Å². The van der Waals surface area contributed by atoms with Gasteiger partial charge in [0.15, 0.2) is 0 Å². The zero-order chi connectivity index (χ0) is 11.3. The van der Waals surface area contributed by atoms with Crippen LogP contribution >= 0.6 is 11.8 Å². The number of thioether (sulfide) groups is 1. The second-order valence-corrected chi connectivity index (χ2v) is 4.18. The molecule has 1 aromatic carbocycles. The second-order valence-electron chi connectivity index (χ2n) is 3.02. The Hall–Kier alpha value is -0.680. The van der Waals surface area contributed by atoms with Crippen molar-refractivity contribution in [2.75, 3.05) is 5.75 Å². The zero-order valence-corrected chi connectivity index (χ0v) is 8.74. The first-order valence-corrected chi connectivity index (χ1v) is 5.39. The van der Waals surface area contributed by atoms with E-state index in [1.54, 1.807) is 24.3 Å². The van der Waals surface area contributed by atoms with Crippen molar-refractivity contribution in [1.29, 1.82) is 0 Å². The summed E-state index contributed by atoms with van der Waals surface area (Å²) in [5.41, 5.74) is 0.759. The fraction of sp³-hybridized carbons (Fsp3) is 0.400. The average Bonchev–Trinajstić information content (AvgIpc) is 2.17. The van der Waals surface area contributed by atoms with Crippen molar-refractivity contribution in [3.05, 3.63) is 29.8 Å². The topological polar surface area (TPSA) is 20.2 Å². The van der Waals surface area contributed by atoms with Crippen molar-refractivity contribution in [3.63, 3.8) is 0 Å². The van der Waals surface area contributed by atoms with E-state index in [0.29, 0.717) is 0 Å². The largest absolute Gasteiger partial charge is 0.392 e. The quantitative estimate of drug-likeness (QED) is 0.810. The van der Waals surface area contributed by atoms with Gasteiger partial charge < -0.3 is 5.11 Å². The Morgan fingerprint density at radius 3 is 2.20 bits per heavy atom. The van der Waals surface area contributed by atoms with Gasteiger partial charge >= 0.3 is 6.18 Å². The molecule has 1 nitrogen and oxygen atoms in total. The number of hydrogen-bond donors (Lipinski definition) is 1. The maximum atomic E-state index is 11.8. The zero-order valence-electron chi connectivity index (χ0n) is 7.92. The van der Waals surface area contributed by atoms with Crippen molar-refractivity contribution >= 4 is 11.8 Å². The van der Waals surface area contributed by atoms with Gasteiger partial charge in [-0.1, -0.05) is 12.1 Å². The predicted molar refractivity (Wildman–Crippen MR) is 53.8 cm³/mol. The fourth-order valence-corrected chi connectivity index (χ4v) is 1.87. The summed E-state index contributed by atoms with van der Waals surface area (Å²) in [5.74, 6) is 0.0297. The van der Waals surface area contributed by atoms with E-state index in [0.717, 1.165) is 22.2 Å². The molecule has 0 spiro atoms. The number of hydrogen-bond acceptors (Lipinski definition) is 2. The Kier molecular flexibility index (Phi) is 4.47. The molecule has 84 valence electrons. The molecule has 0 atom stereocenters. The first-order valence-electron chi connectivity index (χ1n) is 4.40. The molecule has 0 saturated heterocycles. The number of halogens is 3. The normalized spacial score (nSPS) is 11.7. The minimum absolute atomic E-state index is 0.0297. The number of alkyl halides is 3. The molecule has 0 unspecified atom stereocenters. The van der Waals surface area contributed by atoms with E-state index in [9.17, 15) is 13.2 Å². The monoisotopic (exact) mass is 236 g/mol. The molecule has 0 aliphatic carbocycles. The summed E-state index contributed by atoms with van der Waals surface area (Å²) >= 11 is 1.16. The van der Waals surface area contributed by atoms with E-state index in [-0.39, 0.29) is 12.4 Å². The average molecular weight is 236 g/mol. The summed E-state index contributed by atoms with van der Waals surface area (Å²) in [6.45, 7) is -0.0481. The van der Waals surface area contributed by atoms with Crippen LogP contribution < -0.4 is 0 Å². The Morgan fingerprint density at radius 2 is 1.73 bits per heavy atom. The molecule has 0 bridgehead atoms.